The maximum absolute atomic E-state index is 12.4. The van der Waals surface area contributed by atoms with E-state index in [2.05, 4.69) is 20.5 Å². The molecule has 0 fully saturated rings. The number of nitrogens with zero attached hydrogens (tertiary/aromatic N) is 4. The normalized spacial score (nSPS) is 10.6. The molecule has 1 amide bonds. The van der Waals surface area contributed by atoms with Crippen LogP contribution in [0.15, 0.2) is 77.8 Å². The molecule has 1 N–H and O–H groups in total. The van der Waals surface area contributed by atoms with E-state index < -0.39 is 0 Å². The highest BCUT2D eigenvalue weighted by Crippen LogP contribution is 2.22. The van der Waals surface area contributed by atoms with E-state index in [1.807, 2.05) is 42.5 Å². The van der Waals surface area contributed by atoms with Crippen LogP contribution in [0.4, 0.5) is 5.69 Å². The molecule has 7 heteroatoms. The molecule has 2 aromatic carbocycles. The molecule has 4 aromatic rings. The second-order valence-corrected chi connectivity index (χ2v) is 5.26. The number of aromatic nitrogens is 4. The number of oxazole rings is 1. The van der Waals surface area contributed by atoms with Crippen molar-refractivity contribution in [1.29, 1.82) is 0 Å². The fraction of sp³-hybridized carbons (Fsp3) is 0. The molecule has 0 aliphatic heterocycles. The van der Waals surface area contributed by atoms with E-state index in [1.165, 1.54) is 17.4 Å². The summed E-state index contributed by atoms with van der Waals surface area (Å²) >= 11 is 0. The van der Waals surface area contributed by atoms with E-state index in [0.29, 0.717) is 11.4 Å². The fourth-order valence-electron chi connectivity index (χ4n) is 2.36. The Bertz CT molecular complexity index is 993. The highest BCUT2D eigenvalue weighted by atomic mass is 16.3. The first-order valence-corrected chi connectivity index (χ1v) is 7.58. The zero-order valence-corrected chi connectivity index (χ0v) is 13.0. The summed E-state index contributed by atoms with van der Waals surface area (Å²) in [6.45, 7) is 0. The van der Waals surface area contributed by atoms with E-state index in [1.54, 1.807) is 18.3 Å². The Morgan fingerprint density at radius 3 is 2.72 bits per heavy atom. The summed E-state index contributed by atoms with van der Waals surface area (Å²) in [5.74, 6) is 0.294. The Hall–Kier alpha value is -3.74. The molecule has 0 radical (unpaired) electrons. The van der Waals surface area contributed by atoms with Gasteiger partial charge < -0.3 is 9.73 Å². The molecule has 25 heavy (non-hydrogen) atoms. The quantitative estimate of drug-likeness (QED) is 0.621. The molecule has 0 aliphatic rings. The van der Waals surface area contributed by atoms with Gasteiger partial charge in [0.25, 0.3) is 5.91 Å². The average Bonchev–Trinajstić information content (AvgIpc) is 3.35. The van der Waals surface area contributed by atoms with Gasteiger partial charge in [-0.15, -0.1) is 5.10 Å². The average molecular weight is 331 g/mol. The predicted octanol–water partition coefficient (Wildman–Crippen LogP) is 3.17. The van der Waals surface area contributed by atoms with Crippen molar-refractivity contribution in [3.63, 3.8) is 0 Å². The van der Waals surface area contributed by atoms with Crippen LogP contribution in [0.1, 0.15) is 10.5 Å². The number of amides is 1. The first-order valence-electron chi connectivity index (χ1n) is 7.58. The summed E-state index contributed by atoms with van der Waals surface area (Å²) in [7, 11) is 0. The summed E-state index contributed by atoms with van der Waals surface area (Å²) in [4.78, 5) is 17.7. The predicted molar refractivity (Wildman–Crippen MR) is 91.3 cm³/mol. The lowest BCUT2D eigenvalue weighted by atomic mass is 10.1. The van der Waals surface area contributed by atoms with Crippen molar-refractivity contribution in [3.8, 4) is 17.0 Å². The Labute approximate surface area is 142 Å². The number of para-hydroxylation sites is 1. The Morgan fingerprint density at radius 1 is 1.04 bits per heavy atom. The molecular weight excluding hydrogens is 318 g/mol. The maximum Gasteiger partial charge on any atom is 0.277 e. The van der Waals surface area contributed by atoms with Gasteiger partial charge in [-0.3, -0.25) is 4.79 Å². The molecule has 0 spiro atoms. The summed E-state index contributed by atoms with van der Waals surface area (Å²) in [5.41, 5.74) is 2.47. The first kappa shape index (κ1) is 14.8. The third-order valence-corrected chi connectivity index (χ3v) is 3.55. The number of hydrogen-bond acceptors (Lipinski definition) is 5. The number of carbonyl (C=O) groups is 1. The second kappa shape index (κ2) is 6.40. The van der Waals surface area contributed by atoms with Crippen LogP contribution >= 0.6 is 0 Å². The van der Waals surface area contributed by atoms with Crippen molar-refractivity contribution in [2.24, 2.45) is 0 Å². The lowest BCUT2D eigenvalue weighted by Crippen LogP contribution is -2.13. The molecule has 2 aromatic heterocycles. The number of carbonyl (C=O) groups excluding carboxylic acids is 1. The van der Waals surface area contributed by atoms with Gasteiger partial charge in [-0.1, -0.05) is 30.3 Å². The van der Waals surface area contributed by atoms with E-state index in [4.69, 9.17) is 4.42 Å². The summed E-state index contributed by atoms with van der Waals surface area (Å²) < 4.78 is 5.27. The van der Waals surface area contributed by atoms with Crippen molar-refractivity contribution >= 4 is 11.6 Å². The highest BCUT2D eigenvalue weighted by Gasteiger charge is 2.12. The lowest BCUT2D eigenvalue weighted by Gasteiger charge is -2.04. The summed E-state index contributed by atoms with van der Waals surface area (Å²) in [6.07, 6.45) is 4.41. The van der Waals surface area contributed by atoms with Gasteiger partial charge in [0.15, 0.2) is 17.8 Å². The third kappa shape index (κ3) is 3.16. The van der Waals surface area contributed by atoms with Gasteiger partial charge in [-0.2, -0.15) is 9.90 Å². The Balaban J connectivity index is 1.53. The van der Waals surface area contributed by atoms with Crippen LogP contribution in [0.3, 0.4) is 0 Å². The van der Waals surface area contributed by atoms with Crippen LogP contribution in [0.2, 0.25) is 0 Å². The van der Waals surface area contributed by atoms with Gasteiger partial charge in [-0.05, 0) is 24.3 Å². The fourth-order valence-corrected chi connectivity index (χ4v) is 2.36. The molecule has 0 atom stereocenters. The van der Waals surface area contributed by atoms with E-state index in [0.717, 1.165) is 11.3 Å². The minimum absolute atomic E-state index is 0.230. The van der Waals surface area contributed by atoms with Gasteiger partial charge >= 0.3 is 0 Å². The van der Waals surface area contributed by atoms with Crippen LogP contribution in [-0.4, -0.2) is 25.9 Å². The SMILES string of the molecule is O=C(Nc1cccc(-c2cnco2)c1)c1cnn(-c2ccccc2)n1. The number of rotatable bonds is 4. The summed E-state index contributed by atoms with van der Waals surface area (Å²) in [5, 5.41) is 11.2. The molecule has 4 rings (SSSR count). The Kier molecular flexibility index (Phi) is 3.80. The molecule has 0 unspecified atom stereocenters. The van der Waals surface area contributed by atoms with Crippen LogP contribution < -0.4 is 5.32 Å². The zero-order valence-electron chi connectivity index (χ0n) is 13.0. The van der Waals surface area contributed by atoms with Gasteiger partial charge in [0.1, 0.15) is 0 Å². The number of nitrogens with one attached hydrogen (secondary N) is 1. The maximum atomic E-state index is 12.4. The highest BCUT2D eigenvalue weighted by molar-refractivity contribution is 6.02. The van der Waals surface area contributed by atoms with Gasteiger partial charge in [-0.25, -0.2) is 4.98 Å². The second-order valence-electron chi connectivity index (χ2n) is 5.26. The monoisotopic (exact) mass is 331 g/mol. The van der Waals surface area contributed by atoms with Gasteiger partial charge in [0, 0.05) is 11.3 Å². The van der Waals surface area contributed by atoms with E-state index in [-0.39, 0.29) is 11.6 Å². The molecule has 0 saturated heterocycles. The van der Waals surface area contributed by atoms with Crippen LogP contribution in [-0.2, 0) is 0 Å². The van der Waals surface area contributed by atoms with E-state index >= 15 is 0 Å². The first-order chi connectivity index (χ1) is 12.3. The molecule has 122 valence electrons. The largest absolute Gasteiger partial charge is 0.444 e. The number of anilines is 1. The van der Waals surface area contributed by atoms with Gasteiger partial charge in [0.05, 0.1) is 18.1 Å². The molecule has 2 heterocycles. The third-order valence-electron chi connectivity index (χ3n) is 3.55. The molecule has 0 saturated carbocycles. The van der Waals surface area contributed by atoms with E-state index in [9.17, 15) is 4.79 Å². The van der Waals surface area contributed by atoms with Crippen molar-refractivity contribution in [3.05, 3.63) is 79.1 Å². The zero-order chi connectivity index (χ0) is 17.1. The topological polar surface area (TPSA) is 85.8 Å². The Morgan fingerprint density at radius 2 is 1.92 bits per heavy atom. The minimum atomic E-state index is -0.336. The lowest BCUT2D eigenvalue weighted by molar-refractivity contribution is 0.102. The smallest absolute Gasteiger partial charge is 0.277 e. The van der Waals surface area contributed by atoms with Crippen LogP contribution in [0.5, 0.6) is 0 Å². The van der Waals surface area contributed by atoms with Crippen molar-refractivity contribution in [1.82, 2.24) is 20.0 Å². The van der Waals surface area contributed by atoms with Crippen LogP contribution in [0, 0.1) is 0 Å². The number of benzene rings is 2. The van der Waals surface area contributed by atoms with Crippen molar-refractivity contribution < 1.29 is 9.21 Å². The molecular formula is C18H13N5O2. The van der Waals surface area contributed by atoms with Crippen molar-refractivity contribution in [2.75, 3.05) is 5.32 Å². The molecule has 0 aliphatic carbocycles. The van der Waals surface area contributed by atoms with Crippen molar-refractivity contribution in [2.45, 2.75) is 0 Å². The summed E-state index contributed by atoms with van der Waals surface area (Å²) in [6, 6.07) is 16.7. The molecule has 0 bridgehead atoms. The van der Waals surface area contributed by atoms with Crippen LogP contribution in [0.25, 0.3) is 17.0 Å². The minimum Gasteiger partial charge on any atom is -0.444 e. The molecule has 7 nitrogen and oxygen atoms in total. The standard InChI is InChI=1S/C18H13N5O2/c24-18(16-10-20-23(22-16)15-7-2-1-3-8-15)21-14-6-4-5-13(9-14)17-11-19-12-25-17/h1-12H,(H,21,24). The number of hydrogen-bond donors (Lipinski definition) is 1. The van der Waals surface area contributed by atoms with Gasteiger partial charge in [0.2, 0.25) is 0 Å².